The summed E-state index contributed by atoms with van der Waals surface area (Å²) >= 11 is 0. The highest BCUT2D eigenvalue weighted by atomic mass is 16.3. The lowest BCUT2D eigenvalue weighted by Gasteiger charge is -2.41. The first-order valence-corrected chi connectivity index (χ1v) is 10.7. The zero-order valence-electron chi connectivity index (χ0n) is 16.4. The minimum Gasteiger partial charge on any atom is -0.392 e. The number of fused-ring (bicyclic) bond motifs is 4. The Morgan fingerprint density at radius 1 is 1.15 bits per heavy atom. The Bertz CT molecular complexity index is 663. The van der Waals surface area contributed by atoms with Crippen LogP contribution >= 0.6 is 0 Å². The van der Waals surface area contributed by atoms with Crippen LogP contribution in [0.5, 0.6) is 0 Å². The Morgan fingerprint density at radius 2 is 1.92 bits per heavy atom. The monoisotopic (exact) mass is 358 g/mol. The molecule has 2 aliphatic carbocycles. The van der Waals surface area contributed by atoms with Gasteiger partial charge in [0.25, 0.3) is 0 Å². The highest BCUT2D eigenvalue weighted by molar-refractivity contribution is 6.02. The largest absolute Gasteiger partial charge is 0.392 e. The number of nitrogens with one attached hydrogen (secondary N) is 1. The third-order valence-electron chi connectivity index (χ3n) is 6.98. The van der Waals surface area contributed by atoms with Crippen molar-refractivity contribution < 1.29 is 9.90 Å². The van der Waals surface area contributed by atoms with Crippen LogP contribution in [-0.2, 0) is 19.3 Å². The summed E-state index contributed by atoms with van der Waals surface area (Å²) in [4.78, 5) is 19.4. The maximum Gasteiger partial charge on any atom is 0.169 e. The number of nitrogens with zero attached hydrogens (tertiary/aromatic N) is 1. The average Bonchev–Trinajstić information content (AvgIpc) is 2.92. The van der Waals surface area contributed by atoms with E-state index in [4.69, 9.17) is 0 Å². The van der Waals surface area contributed by atoms with Crippen molar-refractivity contribution in [3.8, 4) is 0 Å². The number of aryl methyl sites for hydroxylation is 1. The Kier molecular flexibility index (Phi) is 5.24. The minimum absolute atomic E-state index is 0.126. The third-order valence-corrected chi connectivity index (χ3v) is 6.98. The molecule has 1 aliphatic heterocycles. The molecule has 0 radical (unpaired) electrons. The minimum atomic E-state index is -0.298. The van der Waals surface area contributed by atoms with E-state index in [0.717, 1.165) is 44.3 Å². The number of aliphatic hydroxyl groups excluding tert-OH is 1. The lowest BCUT2D eigenvalue weighted by Crippen LogP contribution is -2.49. The van der Waals surface area contributed by atoms with E-state index in [1.54, 1.807) is 0 Å². The number of hydrogen-bond donors (Lipinski definition) is 2. The summed E-state index contributed by atoms with van der Waals surface area (Å²) < 4.78 is 0. The Labute approximate surface area is 157 Å². The van der Waals surface area contributed by atoms with Gasteiger partial charge in [-0.1, -0.05) is 26.7 Å². The molecule has 2 N–H and O–H groups in total. The Hall–Kier alpha value is -1.13. The van der Waals surface area contributed by atoms with E-state index in [2.05, 4.69) is 23.7 Å². The van der Waals surface area contributed by atoms with Crippen molar-refractivity contribution in [3.05, 3.63) is 22.5 Å². The molecule has 144 valence electrons. The number of carbonyl (C=O) groups is 1. The molecule has 0 spiro atoms. The second-order valence-electron chi connectivity index (χ2n) is 9.14. The molecular formula is C22H34N2O2. The van der Waals surface area contributed by atoms with E-state index < -0.39 is 0 Å². The number of piperidine rings is 1. The van der Waals surface area contributed by atoms with Gasteiger partial charge in [-0.2, -0.15) is 0 Å². The fourth-order valence-electron chi connectivity index (χ4n) is 5.25. The summed E-state index contributed by atoms with van der Waals surface area (Å²) in [7, 11) is 0. The van der Waals surface area contributed by atoms with Crippen LogP contribution in [-0.4, -0.2) is 46.5 Å². The third kappa shape index (κ3) is 3.38. The normalized spacial score (nSPS) is 28.1. The molecule has 3 aliphatic rings. The number of aromatic amines is 1. The van der Waals surface area contributed by atoms with Crippen molar-refractivity contribution in [2.45, 2.75) is 71.3 Å². The number of H-pyrrole nitrogens is 1. The second-order valence-corrected chi connectivity index (χ2v) is 9.14. The lowest BCUT2D eigenvalue weighted by atomic mass is 9.72. The number of aliphatic hydroxyl groups is 1. The fraction of sp³-hybridized carbons (Fsp3) is 0.773. The van der Waals surface area contributed by atoms with Crippen LogP contribution in [0.15, 0.2) is 0 Å². The predicted octanol–water partition coefficient (Wildman–Crippen LogP) is 3.37. The van der Waals surface area contributed by atoms with E-state index >= 15 is 0 Å². The van der Waals surface area contributed by atoms with Gasteiger partial charge in [0, 0.05) is 36.0 Å². The van der Waals surface area contributed by atoms with Crippen LogP contribution in [0, 0.1) is 17.8 Å². The van der Waals surface area contributed by atoms with Crippen LogP contribution in [0.25, 0.3) is 0 Å². The Morgan fingerprint density at radius 3 is 2.69 bits per heavy atom. The number of Topliss-reactive ketones (excluding diaryl/α,β-unsaturated/α-hetero) is 1. The molecule has 0 amide bonds. The predicted molar refractivity (Wildman–Crippen MR) is 104 cm³/mol. The van der Waals surface area contributed by atoms with E-state index in [1.165, 1.54) is 42.6 Å². The van der Waals surface area contributed by atoms with Gasteiger partial charge in [0.1, 0.15) is 0 Å². The summed E-state index contributed by atoms with van der Waals surface area (Å²) in [5, 5.41) is 10.2. The van der Waals surface area contributed by atoms with E-state index in [1.807, 2.05) is 0 Å². The van der Waals surface area contributed by atoms with Gasteiger partial charge >= 0.3 is 0 Å². The van der Waals surface area contributed by atoms with Gasteiger partial charge in [0.15, 0.2) is 5.78 Å². The molecule has 0 aromatic carbocycles. The number of rotatable bonds is 3. The van der Waals surface area contributed by atoms with Crippen molar-refractivity contribution in [2.24, 2.45) is 17.8 Å². The van der Waals surface area contributed by atoms with E-state index in [9.17, 15) is 9.90 Å². The van der Waals surface area contributed by atoms with Crippen molar-refractivity contribution in [1.82, 2.24) is 9.88 Å². The van der Waals surface area contributed by atoms with Gasteiger partial charge in [-0.05, 0) is 62.5 Å². The van der Waals surface area contributed by atoms with Crippen molar-refractivity contribution in [1.29, 1.82) is 0 Å². The molecule has 26 heavy (non-hydrogen) atoms. The molecule has 0 saturated carbocycles. The first-order valence-electron chi connectivity index (χ1n) is 10.7. The summed E-state index contributed by atoms with van der Waals surface area (Å²) in [6, 6.07) is 0. The van der Waals surface area contributed by atoms with Gasteiger partial charge in [-0.15, -0.1) is 0 Å². The van der Waals surface area contributed by atoms with Crippen LogP contribution in [0.2, 0.25) is 0 Å². The first-order chi connectivity index (χ1) is 12.5. The fourth-order valence-corrected chi connectivity index (χ4v) is 5.25. The van der Waals surface area contributed by atoms with Gasteiger partial charge < -0.3 is 15.0 Å². The summed E-state index contributed by atoms with van der Waals surface area (Å²) in [5.74, 6) is 1.26. The van der Waals surface area contributed by atoms with E-state index in [0.29, 0.717) is 18.2 Å². The molecule has 3 atom stereocenters. The molecule has 4 heteroatoms. The average molecular weight is 359 g/mol. The molecule has 1 aromatic heterocycles. The number of β-amino-alcohol motifs (C(OH)–C–C–N with tert-alkyl or cyclic N) is 1. The van der Waals surface area contributed by atoms with Crippen molar-refractivity contribution >= 4 is 5.78 Å². The molecule has 1 unspecified atom stereocenters. The molecular weight excluding hydrogens is 324 g/mol. The molecule has 1 saturated heterocycles. The van der Waals surface area contributed by atoms with Gasteiger partial charge in [-0.3, -0.25) is 4.79 Å². The van der Waals surface area contributed by atoms with Crippen LogP contribution in [0.1, 0.15) is 73.3 Å². The quantitative estimate of drug-likeness (QED) is 0.871. The van der Waals surface area contributed by atoms with Crippen LogP contribution in [0.4, 0.5) is 0 Å². The molecule has 1 fully saturated rings. The van der Waals surface area contributed by atoms with Crippen molar-refractivity contribution in [2.75, 3.05) is 19.6 Å². The van der Waals surface area contributed by atoms with Crippen LogP contribution < -0.4 is 0 Å². The first kappa shape index (κ1) is 18.2. The summed E-state index contributed by atoms with van der Waals surface area (Å²) in [6.45, 7) is 6.66. The Balaban J connectivity index is 1.55. The highest BCUT2D eigenvalue weighted by Crippen LogP contribution is 2.39. The van der Waals surface area contributed by atoms with Crippen molar-refractivity contribution in [3.63, 3.8) is 0 Å². The van der Waals surface area contributed by atoms with E-state index in [-0.39, 0.29) is 17.9 Å². The topological polar surface area (TPSA) is 56.3 Å². The van der Waals surface area contributed by atoms with Gasteiger partial charge in [0.05, 0.1) is 6.10 Å². The molecule has 4 rings (SSSR count). The number of aromatic nitrogens is 1. The SMILES string of the molecule is CC(C)C(O)CN1CC[C@H]2Cc3[nH]c4c(c3C(=O)[C@@H]2C1)CCCCCC4. The number of likely N-dealkylation sites (tertiary alicyclic amines) is 1. The zero-order valence-corrected chi connectivity index (χ0v) is 16.4. The lowest BCUT2D eigenvalue weighted by molar-refractivity contribution is 0.0356. The number of ketones is 1. The second kappa shape index (κ2) is 7.47. The molecule has 0 bridgehead atoms. The number of carbonyl (C=O) groups excluding carboxylic acids is 1. The molecule has 4 nitrogen and oxygen atoms in total. The van der Waals surface area contributed by atoms with Gasteiger partial charge in [0.2, 0.25) is 0 Å². The maximum atomic E-state index is 13.4. The number of hydrogen-bond acceptors (Lipinski definition) is 3. The highest BCUT2D eigenvalue weighted by Gasteiger charge is 2.42. The smallest absolute Gasteiger partial charge is 0.169 e. The van der Waals surface area contributed by atoms with Crippen LogP contribution in [0.3, 0.4) is 0 Å². The summed E-state index contributed by atoms with van der Waals surface area (Å²) in [5.41, 5.74) is 5.00. The molecule has 1 aromatic rings. The zero-order chi connectivity index (χ0) is 18.3. The molecule has 2 heterocycles. The van der Waals surface area contributed by atoms with Gasteiger partial charge in [-0.25, -0.2) is 0 Å². The maximum absolute atomic E-state index is 13.4. The summed E-state index contributed by atoms with van der Waals surface area (Å²) in [6.07, 6.45) is 9.06. The standard InChI is InChI=1S/C22H34N2O2/c1-14(2)20(25)13-24-10-9-15-11-19-21(22(26)17(15)12-24)16-7-5-3-4-6-8-18(16)23-19/h14-15,17,20,23,25H,3-13H2,1-2H3/t15-,17+,20?/m0/s1.